The van der Waals surface area contributed by atoms with E-state index in [-0.39, 0.29) is 18.2 Å². The Morgan fingerprint density at radius 2 is 1.97 bits per heavy atom. The lowest BCUT2D eigenvalue weighted by Crippen LogP contribution is -2.32. The first-order chi connectivity index (χ1) is 14.2. The molecule has 0 bridgehead atoms. The van der Waals surface area contributed by atoms with Gasteiger partial charge in [0.2, 0.25) is 0 Å². The molecular weight excluding hydrogens is 364 g/mol. The third kappa shape index (κ3) is 3.28. The lowest BCUT2D eigenvalue weighted by molar-refractivity contribution is 0.129. The zero-order valence-corrected chi connectivity index (χ0v) is 16.5. The number of rotatable bonds is 6. The van der Waals surface area contributed by atoms with Crippen molar-refractivity contribution in [1.29, 1.82) is 0 Å². The minimum atomic E-state index is -0.205. The summed E-state index contributed by atoms with van der Waals surface area (Å²) in [4.78, 5) is 14.1. The number of nitrogens with zero attached hydrogens (tertiary/aromatic N) is 3. The molecule has 3 heterocycles. The molecule has 0 aliphatic carbocycles. The first-order valence-corrected chi connectivity index (χ1v) is 10.3. The number of hydrogen-bond acceptors (Lipinski definition) is 4. The molecule has 2 aliphatic rings. The van der Waals surface area contributed by atoms with Crippen molar-refractivity contribution in [1.82, 2.24) is 15.4 Å². The Morgan fingerprint density at radius 3 is 2.72 bits per heavy atom. The SMILES string of the molecule is CCC1OC(=O)N2c3ccc(-c4ccc(CCCc5cn[nH]n5)cc4)cc3CC12. The summed E-state index contributed by atoms with van der Waals surface area (Å²) in [6.45, 7) is 2.07. The van der Waals surface area contributed by atoms with E-state index in [1.54, 1.807) is 6.20 Å². The van der Waals surface area contributed by atoms with E-state index in [1.165, 1.54) is 22.3 Å². The van der Waals surface area contributed by atoms with Gasteiger partial charge in [0.15, 0.2) is 0 Å². The second-order valence-electron chi connectivity index (χ2n) is 7.83. The quantitative estimate of drug-likeness (QED) is 0.683. The molecule has 0 saturated carbocycles. The molecule has 0 radical (unpaired) electrons. The van der Waals surface area contributed by atoms with Crippen LogP contribution in [0, 0.1) is 0 Å². The normalized spacial score (nSPS) is 19.9. The first-order valence-electron chi connectivity index (χ1n) is 10.3. The van der Waals surface area contributed by atoms with Crippen LogP contribution in [0.5, 0.6) is 0 Å². The number of aromatic nitrogens is 3. The summed E-state index contributed by atoms with van der Waals surface area (Å²) < 4.78 is 5.50. The largest absolute Gasteiger partial charge is 0.444 e. The highest BCUT2D eigenvalue weighted by Crippen LogP contribution is 2.41. The molecule has 1 fully saturated rings. The standard InChI is InChI=1S/C23H24N4O2/c1-2-22-21-13-18-12-17(10-11-20(18)27(21)23(28)29-22)16-8-6-15(7-9-16)4-3-5-19-14-24-26-25-19/h6-12,14,21-22H,2-5,13H2,1H3,(H,24,25,26). The van der Waals surface area contributed by atoms with Crippen LogP contribution in [0.25, 0.3) is 11.1 Å². The highest BCUT2D eigenvalue weighted by molar-refractivity contribution is 5.94. The zero-order valence-electron chi connectivity index (χ0n) is 16.5. The van der Waals surface area contributed by atoms with Crippen LogP contribution < -0.4 is 4.90 Å². The van der Waals surface area contributed by atoms with E-state index in [9.17, 15) is 4.79 Å². The molecular formula is C23H24N4O2. The predicted octanol–water partition coefficient (Wildman–Crippen LogP) is 4.31. The molecule has 1 saturated heterocycles. The number of ether oxygens (including phenoxy) is 1. The number of cyclic esters (lactones) is 1. The number of aryl methyl sites for hydroxylation is 2. The molecule has 3 aromatic rings. The van der Waals surface area contributed by atoms with E-state index in [1.807, 2.05) is 4.90 Å². The van der Waals surface area contributed by atoms with E-state index in [0.29, 0.717) is 0 Å². The molecule has 2 aliphatic heterocycles. The van der Waals surface area contributed by atoms with Gasteiger partial charge in [0.05, 0.1) is 23.6 Å². The number of fused-ring (bicyclic) bond motifs is 3. The van der Waals surface area contributed by atoms with Gasteiger partial charge in [-0.25, -0.2) is 4.79 Å². The number of benzene rings is 2. The van der Waals surface area contributed by atoms with Crippen molar-refractivity contribution in [2.75, 3.05) is 4.90 Å². The summed E-state index contributed by atoms with van der Waals surface area (Å²) in [6, 6.07) is 15.3. The fourth-order valence-electron chi connectivity index (χ4n) is 4.49. The highest BCUT2D eigenvalue weighted by atomic mass is 16.6. The number of H-pyrrole nitrogens is 1. The third-order valence-electron chi connectivity index (χ3n) is 6.03. The van der Waals surface area contributed by atoms with Crippen molar-refractivity contribution < 1.29 is 9.53 Å². The van der Waals surface area contributed by atoms with Gasteiger partial charge in [-0.1, -0.05) is 37.3 Å². The van der Waals surface area contributed by atoms with Crippen LogP contribution >= 0.6 is 0 Å². The highest BCUT2D eigenvalue weighted by Gasteiger charge is 2.46. The predicted molar refractivity (Wildman–Crippen MR) is 111 cm³/mol. The van der Waals surface area contributed by atoms with Crippen LogP contribution in [0.4, 0.5) is 10.5 Å². The van der Waals surface area contributed by atoms with E-state index in [4.69, 9.17) is 4.74 Å². The van der Waals surface area contributed by atoms with Gasteiger partial charge >= 0.3 is 6.09 Å². The number of nitrogens with one attached hydrogen (secondary N) is 1. The first kappa shape index (κ1) is 17.9. The monoisotopic (exact) mass is 388 g/mol. The fraction of sp³-hybridized carbons (Fsp3) is 0.348. The summed E-state index contributed by atoms with van der Waals surface area (Å²) in [6.07, 6.45) is 6.30. The molecule has 6 heteroatoms. The van der Waals surface area contributed by atoms with Crippen molar-refractivity contribution in [2.24, 2.45) is 0 Å². The average Bonchev–Trinajstić information content (AvgIpc) is 3.45. The molecule has 148 valence electrons. The van der Waals surface area contributed by atoms with E-state index >= 15 is 0 Å². The summed E-state index contributed by atoms with van der Waals surface area (Å²) in [5, 5.41) is 10.6. The lowest BCUT2D eigenvalue weighted by Gasteiger charge is -2.15. The van der Waals surface area contributed by atoms with Gasteiger partial charge in [0.25, 0.3) is 0 Å². The van der Waals surface area contributed by atoms with Crippen LogP contribution in [0.3, 0.4) is 0 Å². The zero-order chi connectivity index (χ0) is 19.8. The fourth-order valence-corrected chi connectivity index (χ4v) is 4.49. The minimum Gasteiger partial charge on any atom is -0.444 e. The molecule has 2 aromatic carbocycles. The molecule has 2 atom stereocenters. The Morgan fingerprint density at radius 1 is 1.14 bits per heavy atom. The Kier molecular flexibility index (Phi) is 4.54. The smallest absolute Gasteiger partial charge is 0.415 e. The van der Waals surface area contributed by atoms with Crippen LogP contribution in [0.1, 0.15) is 36.6 Å². The number of amides is 1. The summed E-state index contributed by atoms with van der Waals surface area (Å²) in [5.41, 5.74) is 6.97. The van der Waals surface area contributed by atoms with Crippen molar-refractivity contribution in [3.05, 3.63) is 65.5 Å². The Labute approximate surface area is 169 Å². The second kappa shape index (κ2) is 7.35. The van der Waals surface area contributed by atoms with Gasteiger partial charge in [0, 0.05) is 0 Å². The number of carbonyl (C=O) groups excluding carboxylic acids is 1. The van der Waals surface area contributed by atoms with Gasteiger partial charge in [-0.2, -0.15) is 15.4 Å². The lowest BCUT2D eigenvalue weighted by atomic mass is 9.98. The molecule has 1 amide bonds. The van der Waals surface area contributed by atoms with Crippen LogP contribution in [0.15, 0.2) is 48.7 Å². The minimum absolute atomic E-state index is 0.00474. The average molecular weight is 388 g/mol. The number of hydrogen-bond donors (Lipinski definition) is 1. The van der Waals surface area contributed by atoms with Crippen molar-refractivity contribution in [3.63, 3.8) is 0 Å². The maximum Gasteiger partial charge on any atom is 0.415 e. The molecule has 0 spiro atoms. The van der Waals surface area contributed by atoms with Crippen LogP contribution in [-0.2, 0) is 24.0 Å². The summed E-state index contributed by atoms with van der Waals surface area (Å²) >= 11 is 0. The Balaban J connectivity index is 1.29. The van der Waals surface area contributed by atoms with Gasteiger partial charge in [-0.15, -0.1) is 0 Å². The van der Waals surface area contributed by atoms with Gasteiger partial charge in [-0.3, -0.25) is 4.90 Å². The van der Waals surface area contributed by atoms with Crippen molar-refractivity contribution in [2.45, 2.75) is 51.2 Å². The molecule has 6 nitrogen and oxygen atoms in total. The maximum atomic E-state index is 12.2. The van der Waals surface area contributed by atoms with Crippen molar-refractivity contribution in [3.8, 4) is 11.1 Å². The Hall–Kier alpha value is -3.15. The maximum absolute atomic E-state index is 12.2. The van der Waals surface area contributed by atoms with Gasteiger partial charge < -0.3 is 4.74 Å². The van der Waals surface area contributed by atoms with Crippen LogP contribution in [-0.4, -0.2) is 33.6 Å². The molecule has 5 rings (SSSR count). The molecule has 29 heavy (non-hydrogen) atoms. The number of anilines is 1. The van der Waals surface area contributed by atoms with Gasteiger partial charge in [0.1, 0.15) is 6.10 Å². The summed E-state index contributed by atoms with van der Waals surface area (Å²) in [5.74, 6) is 0. The molecule has 1 N–H and O–H groups in total. The van der Waals surface area contributed by atoms with E-state index in [0.717, 1.165) is 43.5 Å². The van der Waals surface area contributed by atoms with Crippen LogP contribution in [0.2, 0.25) is 0 Å². The number of carbonyl (C=O) groups is 1. The second-order valence-corrected chi connectivity index (χ2v) is 7.83. The number of aromatic amines is 1. The van der Waals surface area contributed by atoms with E-state index < -0.39 is 0 Å². The molecule has 2 unspecified atom stereocenters. The topological polar surface area (TPSA) is 71.1 Å². The van der Waals surface area contributed by atoms with Gasteiger partial charge in [-0.05, 0) is 66.5 Å². The Bertz CT molecular complexity index is 1010. The van der Waals surface area contributed by atoms with Crippen molar-refractivity contribution >= 4 is 11.8 Å². The summed E-state index contributed by atoms with van der Waals surface area (Å²) in [7, 11) is 0. The molecule has 1 aromatic heterocycles. The van der Waals surface area contributed by atoms with E-state index in [2.05, 4.69) is 64.8 Å². The third-order valence-corrected chi connectivity index (χ3v) is 6.03.